The third kappa shape index (κ3) is 2.90. The van der Waals surface area contributed by atoms with E-state index < -0.39 is 0 Å². The molecule has 0 unspecified atom stereocenters. The number of carbonyl (C=O) groups is 1. The number of amides is 1. The van der Waals surface area contributed by atoms with E-state index in [0.29, 0.717) is 18.9 Å². The van der Waals surface area contributed by atoms with Gasteiger partial charge in [0, 0.05) is 19.7 Å². The van der Waals surface area contributed by atoms with E-state index >= 15 is 0 Å². The molecule has 4 rings (SSSR count). The number of fused-ring (bicyclic) bond motifs is 3. The summed E-state index contributed by atoms with van der Waals surface area (Å²) >= 11 is 0. The molecule has 1 aromatic carbocycles. The molecule has 2 heterocycles. The second-order valence-corrected chi connectivity index (χ2v) is 6.76. The Morgan fingerprint density at radius 2 is 2.00 bits per heavy atom. The lowest BCUT2D eigenvalue weighted by molar-refractivity contribution is -0.122. The van der Waals surface area contributed by atoms with Crippen molar-refractivity contribution in [3.63, 3.8) is 0 Å². The highest BCUT2D eigenvalue weighted by Gasteiger charge is 2.21. The monoisotopic (exact) mass is 357 g/mol. The van der Waals surface area contributed by atoms with Gasteiger partial charge in [-0.05, 0) is 25.0 Å². The summed E-state index contributed by atoms with van der Waals surface area (Å²) in [5.41, 5.74) is 1.41. The van der Waals surface area contributed by atoms with Crippen LogP contribution in [0, 0.1) is 0 Å². The molecule has 1 aliphatic carbocycles. The Hall–Kier alpha value is -2.61. The van der Waals surface area contributed by atoms with Gasteiger partial charge in [0.2, 0.25) is 11.7 Å². The highest BCUT2D eigenvalue weighted by Crippen LogP contribution is 2.19. The summed E-state index contributed by atoms with van der Waals surface area (Å²) in [6.45, 7) is 1.03. The Balaban J connectivity index is 1.69. The van der Waals surface area contributed by atoms with Crippen LogP contribution in [0.5, 0.6) is 0 Å². The van der Waals surface area contributed by atoms with Crippen molar-refractivity contribution < 1.29 is 9.53 Å². The number of nitrogens with zero attached hydrogens (tertiary/aromatic N) is 4. The summed E-state index contributed by atoms with van der Waals surface area (Å²) in [6.07, 6.45) is 4.32. The number of imidazole rings is 1. The second-order valence-electron chi connectivity index (χ2n) is 6.76. The smallest absolute Gasteiger partial charge is 0.352 e. The fraction of sp³-hybridized carbons (Fsp3) is 0.500. The quantitative estimate of drug-likeness (QED) is 0.718. The third-order valence-corrected chi connectivity index (χ3v) is 5.01. The number of aromatic nitrogens is 4. The number of hydrogen-bond donors (Lipinski definition) is 1. The van der Waals surface area contributed by atoms with Crippen LogP contribution < -0.4 is 11.0 Å². The van der Waals surface area contributed by atoms with Gasteiger partial charge in [-0.2, -0.15) is 0 Å². The molecular weight excluding hydrogens is 334 g/mol. The maximum atomic E-state index is 12.8. The van der Waals surface area contributed by atoms with E-state index in [-0.39, 0.29) is 24.2 Å². The fourth-order valence-electron chi connectivity index (χ4n) is 3.76. The van der Waals surface area contributed by atoms with Crippen LogP contribution >= 0.6 is 0 Å². The highest BCUT2D eigenvalue weighted by atomic mass is 16.5. The van der Waals surface area contributed by atoms with Gasteiger partial charge in [0.1, 0.15) is 6.54 Å². The van der Waals surface area contributed by atoms with E-state index in [4.69, 9.17) is 4.74 Å². The lowest BCUT2D eigenvalue weighted by Gasteiger charge is -2.11. The normalized spacial score (nSPS) is 15.3. The molecule has 1 amide bonds. The minimum absolute atomic E-state index is 0.0599. The zero-order valence-corrected chi connectivity index (χ0v) is 14.9. The minimum Gasteiger partial charge on any atom is -0.383 e. The number of carbonyl (C=O) groups excluding carboxylic acids is 1. The average molecular weight is 357 g/mol. The molecule has 2 aromatic heterocycles. The molecule has 8 nitrogen and oxygen atoms in total. The topological polar surface area (TPSA) is 82.6 Å². The summed E-state index contributed by atoms with van der Waals surface area (Å²) in [7, 11) is 1.64. The van der Waals surface area contributed by atoms with E-state index in [9.17, 15) is 9.59 Å². The number of nitrogens with one attached hydrogen (secondary N) is 1. The van der Waals surface area contributed by atoms with Crippen molar-refractivity contribution in [1.29, 1.82) is 0 Å². The van der Waals surface area contributed by atoms with Gasteiger partial charge < -0.3 is 14.6 Å². The Kier molecular flexibility index (Phi) is 4.50. The molecule has 26 heavy (non-hydrogen) atoms. The van der Waals surface area contributed by atoms with Crippen LogP contribution in [0.15, 0.2) is 29.1 Å². The van der Waals surface area contributed by atoms with Crippen molar-refractivity contribution >= 4 is 22.7 Å². The summed E-state index contributed by atoms with van der Waals surface area (Å²) in [5.74, 6) is 0.370. The van der Waals surface area contributed by atoms with Crippen molar-refractivity contribution in [1.82, 2.24) is 24.1 Å². The van der Waals surface area contributed by atoms with Gasteiger partial charge in [-0.1, -0.05) is 25.0 Å². The zero-order chi connectivity index (χ0) is 18.1. The summed E-state index contributed by atoms with van der Waals surface area (Å²) in [5, 5.41) is 7.43. The van der Waals surface area contributed by atoms with Gasteiger partial charge >= 0.3 is 5.69 Å². The summed E-state index contributed by atoms with van der Waals surface area (Å²) in [4.78, 5) is 25.1. The number of ether oxygens (including phenoxy) is 1. The van der Waals surface area contributed by atoms with Gasteiger partial charge in [-0.15, -0.1) is 5.10 Å². The lowest BCUT2D eigenvalue weighted by atomic mass is 10.2. The first-order chi connectivity index (χ1) is 12.7. The molecule has 0 radical (unpaired) electrons. The van der Waals surface area contributed by atoms with Crippen LogP contribution in [0.4, 0.5) is 0 Å². The molecule has 1 fully saturated rings. The zero-order valence-electron chi connectivity index (χ0n) is 14.9. The molecule has 138 valence electrons. The van der Waals surface area contributed by atoms with Crippen molar-refractivity contribution in [2.45, 2.75) is 44.8 Å². The van der Waals surface area contributed by atoms with Crippen LogP contribution in [0.2, 0.25) is 0 Å². The standard InChI is InChI=1S/C18H23N5O3/c1-26-11-10-21-14-8-4-5-9-15(14)23-17(21)20-22(18(23)25)12-16(24)19-13-6-2-3-7-13/h4-5,8-9,13H,2-3,6-7,10-12H2,1H3,(H,19,24). The molecule has 1 saturated carbocycles. The molecule has 0 aliphatic heterocycles. The minimum atomic E-state index is -0.297. The predicted molar refractivity (Wildman–Crippen MR) is 97.2 cm³/mol. The van der Waals surface area contributed by atoms with Crippen LogP contribution in [0.1, 0.15) is 25.7 Å². The Morgan fingerprint density at radius 3 is 2.73 bits per heavy atom. The summed E-state index contributed by atoms with van der Waals surface area (Å²) < 4.78 is 9.94. The van der Waals surface area contributed by atoms with Crippen molar-refractivity contribution in [2.24, 2.45) is 0 Å². The van der Waals surface area contributed by atoms with Gasteiger partial charge in [-0.25, -0.2) is 13.9 Å². The molecule has 3 aromatic rings. The van der Waals surface area contributed by atoms with Gasteiger partial charge in [0.05, 0.1) is 17.6 Å². The highest BCUT2D eigenvalue weighted by molar-refractivity contribution is 5.81. The molecule has 0 spiro atoms. The SMILES string of the molecule is COCCn1c2ccccc2n2c(=O)n(CC(=O)NC3CCCC3)nc12. The maximum Gasteiger partial charge on any atom is 0.352 e. The first-order valence-electron chi connectivity index (χ1n) is 9.04. The van der Waals surface area contributed by atoms with Crippen LogP contribution in [-0.2, 0) is 22.6 Å². The third-order valence-electron chi connectivity index (χ3n) is 5.01. The van der Waals surface area contributed by atoms with E-state index in [1.807, 2.05) is 28.8 Å². The van der Waals surface area contributed by atoms with E-state index in [2.05, 4.69) is 10.4 Å². The average Bonchev–Trinajstić information content (AvgIpc) is 3.31. The molecular formula is C18H23N5O3. The van der Waals surface area contributed by atoms with Crippen molar-refractivity contribution in [2.75, 3.05) is 13.7 Å². The molecule has 0 atom stereocenters. The Labute approximate surface area is 150 Å². The van der Waals surface area contributed by atoms with E-state index in [1.54, 1.807) is 11.5 Å². The van der Waals surface area contributed by atoms with Crippen LogP contribution in [-0.4, -0.2) is 44.4 Å². The predicted octanol–water partition coefficient (Wildman–Crippen LogP) is 1.16. The van der Waals surface area contributed by atoms with Gasteiger partial charge in [0.15, 0.2) is 0 Å². The number of para-hydroxylation sites is 2. The molecule has 0 bridgehead atoms. The maximum absolute atomic E-state index is 12.8. The van der Waals surface area contributed by atoms with Crippen LogP contribution in [0.25, 0.3) is 16.8 Å². The molecule has 1 N–H and O–H groups in total. The number of methoxy groups -OCH3 is 1. The fourth-order valence-corrected chi connectivity index (χ4v) is 3.76. The van der Waals surface area contributed by atoms with E-state index in [1.165, 1.54) is 4.68 Å². The first kappa shape index (κ1) is 16.8. The van der Waals surface area contributed by atoms with Crippen molar-refractivity contribution in [3.05, 3.63) is 34.7 Å². The number of benzene rings is 1. The van der Waals surface area contributed by atoms with Crippen LogP contribution in [0.3, 0.4) is 0 Å². The first-order valence-corrected chi connectivity index (χ1v) is 9.04. The second kappa shape index (κ2) is 6.95. The molecule has 8 heteroatoms. The largest absolute Gasteiger partial charge is 0.383 e. The Morgan fingerprint density at radius 1 is 1.27 bits per heavy atom. The lowest BCUT2D eigenvalue weighted by Crippen LogP contribution is -2.37. The number of hydrogen-bond acceptors (Lipinski definition) is 4. The number of rotatable bonds is 6. The van der Waals surface area contributed by atoms with Gasteiger partial charge in [-0.3, -0.25) is 4.79 Å². The van der Waals surface area contributed by atoms with E-state index in [0.717, 1.165) is 36.7 Å². The summed E-state index contributed by atoms with van der Waals surface area (Å²) in [6, 6.07) is 7.89. The van der Waals surface area contributed by atoms with Gasteiger partial charge in [0.25, 0.3) is 0 Å². The molecule has 0 saturated heterocycles. The molecule has 1 aliphatic rings. The van der Waals surface area contributed by atoms with Crippen molar-refractivity contribution in [3.8, 4) is 0 Å². The Bertz CT molecular complexity index is 993.